The Morgan fingerprint density at radius 2 is 2.05 bits per heavy atom. The number of hydrogen-bond donors (Lipinski definition) is 0. The van der Waals surface area contributed by atoms with Crippen LogP contribution in [0.15, 0.2) is 18.2 Å². The van der Waals surface area contributed by atoms with Crippen LogP contribution in [0.3, 0.4) is 0 Å². The lowest BCUT2D eigenvalue weighted by Gasteiger charge is -2.40. The average Bonchev–Trinajstić information content (AvgIpc) is 2.69. The standard InChI is InChI=1S/C19H26N2O/c1-12-6-7-14(11-20)9-16(12)15-8-13(2)18-17(10-15)19(3,4)22-21(18)5/h6-7,9,13,15,17-18H,8,10H2,1-5H3. The Balaban J connectivity index is 1.94. The summed E-state index contributed by atoms with van der Waals surface area (Å²) in [6, 6.07) is 8.89. The van der Waals surface area contributed by atoms with Gasteiger partial charge in [-0.2, -0.15) is 10.3 Å². The molecule has 1 heterocycles. The van der Waals surface area contributed by atoms with E-state index in [1.165, 1.54) is 17.5 Å². The van der Waals surface area contributed by atoms with Gasteiger partial charge in [0.2, 0.25) is 0 Å². The fourth-order valence-electron chi connectivity index (χ4n) is 4.74. The first-order valence-electron chi connectivity index (χ1n) is 8.26. The minimum atomic E-state index is -0.104. The Morgan fingerprint density at radius 1 is 1.32 bits per heavy atom. The summed E-state index contributed by atoms with van der Waals surface area (Å²) in [6.07, 6.45) is 2.31. The highest BCUT2D eigenvalue weighted by Crippen LogP contribution is 2.50. The third-order valence-electron chi connectivity index (χ3n) is 5.73. The van der Waals surface area contributed by atoms with Crippen molar-refractivity contribution in [1.82, 2.24) is 5.06 Å². The van der Waals surface area contributed by atoms with Crippen molar-refractivity contribution in [3.05, 3.63) is 34.9 Å². The Morgan fingerprint density at radius 3 is 2.73 bits per heavy atom. The molecule has 2 fully saturated rings. The van der Waals surface area contributed by atoms with E-state index in [0.717, 1.165) is 12.0 Å². The first-order chi connectivity index (χ1) is 10.3. The molecule has 2 aliphatic rings. The first kappa shape index (κ1) is 15.5. The number of rotatable bonds is 1. The van der Waals surface area contributed by atoms with Gasteiger partial charge in [-0.1, -0.05) is 13.0 Å². The van der Waals surface area contributed by atoms with Crippen molar-refractivity contribution in [3.63, 3.8) is 0 Å². The van der Waals surface area contributed by atoms with Crippen molar-refractivity contribution >= 4 is 0 Å². The van der Waals surface area contributed by atoms with E-state index in [1.54, 1.807) is 0 Å². The number of hydrogen-bond acceptors (Lipinski definition) is 3. The average molecular weight is 298 g/mol. The van der Waals surface area contributed by atoms with Crippen LogP contribution in [0.1, 0.15) is 56.2 Å². The molecule has 3 heteroatoms. The number of fused-ring (bicyclic) bond motifs is 1. The lowest BCUT2D eigenvalue weighted by molar-refractivity contribution is -0.182. The fraction of sp³-hybridized carbons (Fsp3) is 0.632. The first-order valence-corrected chi connectivity index (χ1v) is 8.26. The van der Waals surface area contributed by atoms with E-state index in [9.17, 15) is 5.26 Å². The van der Waals surface area contributed by atoms with Crippen LogP contribution in [0.5, 0.6) is 0 Å². The summed E-state index contributed by atoms with van der Waals surface area (Å²) in [6.45, 7) is 8.92. The maximum Gasteiger partial charge on any atom is 0.0991 e. The highest BCUT2D eigenvalue weighted by atomic mass is 16.7. The van der Waals surface area contributed by atoms with Gasteiger partial charge in [-0.25, -0.2) is 0 Å². The van der Waals surface area contributed by atoms with Crippen LogP contribution in [-0.4, -0.2) is 23.8 Å². The van der Waals surface area contributed by atoms with Crippen molar-refractivity contribution in [2.45, 2.75) is 58.1 Å². The van der Waals surface area contributed by atoms with Gasteiger partial charge in [0, 0.05) is 19.0 Å². The maximum atomic E-state index is 9.19. The number of benzene rings is 1. The summed E-state index contributed by atoms with van der Waals surface area (Å²) in [5, 5.41) is 11.3. The normalized spacial score (nSPS) is 34.2. The van der Waals surface area contributed by atoms with Crippen molar-refractivity contribution in [2.24, 2.45) is 11.8 Å². The molecular weight excluding hydrogens is 272 g/mol. The molecule has 1 aliphatic heterocycles. The molecular formula is C19H26N2O. The van der Waals surface area contributed by atoms with Crippen LogP contribution in [0, 0.1) is 30.1 Å². The van der Waals surface area contributed by atoms with E-state index in [0.29, 0.717) is 23.8 Å². The molecule has 4 atom stereocenters. The molecule has 4 unspecified atom stereocenters. The Hall–Kier alpha value is -1.37. The Labute approximate surface area is 133 Å². The van der Waals surface area contributed by atoms with Gasteiger partial charge in [0.05, 0.1) is 17.2 Å². The van der Waals surface area contributed by atoms with Crippen molar-refractivity contribution in [2.75, 3.05) is 7.05 Å². The topological polar surface area (TPSA) is 36.3 Å². The summed E-state index contributed by atoms with van der Waals surface area (Å²) in [4.78, 5) is 6.11. The van der Waals surface area contributed by atoms with Gasteiger partial charge in [-0.05, 0) is 68.7 Å². The quantitative estimate of drug-likeness (QED) is 0.785. The Kier molecular flexibility index (Phi) is 3.79. The summed E-state index contributed by atoms with van der Waals surface area (Å²) < 4.78 is 0. The molecule has 22 heavy (non-hydrogen) atoms. The molecule has 0 aromatic heterocycles. The van der Waals surface area contributed by atoms with E-state index in [4.69, 9.17) is 4.84 Å². The van der Waals surface area contributed by atoms with Crippen LogP contribution in [-0.2, 0) is 4.84 Å². The molecule has 1 aliphatic carbocycles. The van der Waals surface area contributed by atoms with E-state index in [-0.39, 0.29) is 5.60 Å². The van der Waals surface area contributed by atoms with E-state index in [1.807, 2.05) is 6.07 Å². The highest BCUT2D eigenvalue weighted by Gasteiger charge is 2.52. The van der Waals surface area contributed by atoms with Gasteiger partial charge < -0.3 is 0 Å². The smallest absolute Gasteiger partial charge is 0.0991 e. The van der Waals surface area contributed by atoms with Crippen LogP contribution < -0.4 is 0 Å². The molecule has 3 nitrogen and oxygen atoms in total. The zero-order valence-corrected chi connectivity index (χ0v) is 14.3. The molecule has 118 valence electrons. The largest absolute Gasteiger partial charge is 0.293 e. The highest BCUT2D eigenvalue weighted by molar-refractivity contribution is 5.40. The second-order valence-electron chi connectivity index (χ2n) is 7.67. The number of nitrogens with zero attached hydrogens (tertiary/aromatic N) is 2. The maximum absolute atomic E-state index is 9.19. The van der Waals surface area contributed by atoms with Crippen molar-refractivity contribution < 1.29 is 4.84 Å². The molecule has 0 bridgehead atoms. The van der Waals surface area contributed by atoms with Crippen LogP contribution >= 0.6 is 0 Å². The second-order valence-corrected chi connectivity index (χ2v) is 7.67. The molecule has 0 radical (unpaired) electrons. The number of nitriles is 1. The third-order valence-corrected chi connectivity index (χ3v) is 5.73. The minimum absolute atomic E-state index is 0.104. The molecule has 1 aromatic rings. The van der Waals surface area contributed by atoms with Crippen molar-refractivity contribution in [3.8, 4) is 6.07 Å². The predicted octanol–water partition coefficient (Wildman–Crippen LogP) is 4.02. The van der Waals surface area contributed by atoms with Gasteiger partial charge in [-0.3, -0.25) is 4.84 Å². The number of hydroxylamine groups is 2. The molecule has 3 rings (SSSR count). The lowest BCUT2D eigenvalue weighted by Crippen LogP contribution is -2.42. The van der Waals surface area contributed by atoms with Gasteiger partial charge >= 0.3 is 0 Å². The van der Waals surface area contributed by atoms with Gasteiger partial charge in [0.25, 0.3) is 0 Å². The predicted molar refractivity (Wildman–Crippen MR) is 87.2 cm³/mol. The van der Waals surface area contributed by atoms with Crippen LogP contribution in [0.4, 0.5) is 0 Å². The van der Waals surface area contributed by atoms with Gasteiger partial charge in [0.1, 0.15) is 0 Å². The molecule has 1 saturated carbocycles. The zero-order valence-electron chi connectivity index (χ0n) is 14.3. The fourth-order valence-corrected chi connectivity index (χ4v) is 4.74. The van der Waals surface area contributed by atoms with E-state index >= 15 is 0 Å². The van der Waals surface area contributed by atoms with Gasteiger partial charge in [0.15, 0.2) is 0 Å². The lowest BCUT2D eigenvalue weighted by atomic mass is 9.65. The summed E-state index contributed by atoms with van der Waals surface area (Å²) >= 11 is 0. The van der Waals surface area contributed by atoms with Crippen LogP contribution in [0.25, 0.3) is 0 Å². The SMILES string of the molecule is Cc1ccc(C#N)cc1C1CC(C)C2C(C1)C(C)(C)ON2C. The summed E-state index contributed by atoms with van der Waals surface area (Å²) in [5.74, 6) is 1.66. The van der Waals surface area contributed by atoms with E-state index in [2.05, 4.69) is 58.0 Å². The van der Waals surface area contributed by atoms with Gasteiger partial charge in [-0.15, -0.1) is 0 Å². The molecule has 0 N–H and O–H groups in total. The molecule has 1 aromatic carbocycles. The zero-order chi connectivity index (χ0) is 16.1. The monoisotopic (exact) mass is 298 g/mol. The Bertz CT molecular complexity index is 616. The third kappa shape index (κ3) is 2.45. The molecule has 0 amide bonds. The molecule has 1 saturated heterocycles. The summed E-state index contributed by atoms with van der Waals surface area (Å²) in [7, 11) is 2.07. The molecule has 0 spiro atoms. The van der Waals surface area contributed by atoms with Crippen molar-refractivity contribution in [1.29, 1.82) is 5.26 Å². The van der Waals surface area contributed by atoms with E-state index < -0.39 is 0 Å². The summed E-state index contributed by atoms with van der Waals surface area (Å²) in [5.41, 5.74) is 3.33. The minimum Gasteiger partial charge on any atom is -0.293 e. The van der Waals surface area contributed by atoms with Crippen LogP contribution in [0.2, 0.25) is 0 Å². The number of aryl methyl sites for hydroxylation is 1. The second kappa shape index (κ2) is 5.37.